The van der Waals surface area contributed by atoms with Crippen molar-refractivity contribution >= 4 is 0 Å². The molecule has 0 aromatic heterocycles. The summed E-state index contributed by atoms with van der Waals surface area (Å²) in [6.45, 7) is 5.28. The van der Waals surface area contributed by atoms with Crippen molar-refractivity contribution in [1.82, 2.24) is 4.90 Å². The summed E-state index contributed by atoms with van der Waals surface area (Å²) in [5.41, 5.74) is 8.22. The minimum Gasteiger partial charge on any atom is -0.392 e. The maximum atomic E-state index is 9.06. The van der Waals surface area contributed by atoms with E-state index in [0.29, 0.717) is 6.04 Å². The van der Waals surface area contributed by atoms with E-state index in [4.69, 9.17) is 10.8 Å². The molecule has 1 aliphatic rings. The second-order valence-corrected chi connectivity index (χ2v) is 5.63. The Labute approximate surface area is 116 Å². The fraction of sp³-hybridized carbons (Fsp3) is 0.625. The molecule has 0 saturated carbocycles. The fourth-order valence-corrected chi connectivity index (χ4v) is 2.99. The van der Waals surface area contributed by atoms with Crippen LogP contribution >= 0.6 is 0 Å². The second kappa shape index (κ2) is 7.04. The quantitative estimate of drug-likeness (QED) is 0.854. The molecule has 3 nitrogen and oxygen atoms in total. The summed E-state index contributed by atoms with van der Waals surface area (Å²) in [6, 6.07) is 8.77. The van der Waals surface area contributed by atoms with Gasteiger partial charge < -0.3 is 10.8 Å². The topological polar surface area (TPSA) is 49.5 Å². The highest BCUT2D eigenvalue weighted by molar-refractivity contribution is 5.22. The fourth-order valence-electron chi connectivity index (χ4n) is 2.99. The molecule has 19 heavy (non-hydrogen) atoms. The Morgan fingerprint density at radius 3 is 2.53 bits per heavy atom. The van der Waals surface area contributed by atoms with Crippen LogP contribution in [0.25, 0.3) is 0 Å². The Bertz CT molecular complexity index is 377. The highest BCUT2D eigenvalue weighted by Crippen LogP contribution is 2.26. The van der Waals surface area contributed by atoms with Gasteiger partial charge in [0.1, 0.15) is 0 Å². The van der Waals surface area contributed by atoms with Crippen LogP contribution in [0.4, 0.5) is 0 Å². The lowest BCUT2D eigenvalue weighted by molar-refractivity contribution is 0.107. The third kappa shape index (κ3) is 3.78. The van der Waals surface area contributed by atoms with Crippen LogP contribution in [0.1, 0.15) is 37.3 Å². The molecular weight excluding hydrogens is 236 g/mol. The summed E-state index contributed by atoms with van der Waals surface area (Å²) in [4.78, 5) is 2.51. The van der Waals surface area contributed by atoms with E-state index in [1.54, 1.807) is 0 Å². The smallest absolute Gasteiger partial charge is 0.0681 e. The number of aliphatic hydroxyl groups is 1. The number of aliphatic hydroxyl groups excluding tert-OH is 1. The number of rotatable bonds is 5. The van der Waals surface area contributed by atoms with Crippen LogP contribution in [-0.2, 0) is 13.2 Å². The van der Waals surface area contributed by atoms with E-state index in [0.717, 1.165) is 31.1 Å². The molecule has 0 spiro atoms. The molecule has 2 atom stereocenters. The van der Waals surface area contributed by atoms with Gasteiger partial charge in [-0.3, -0.25) is 4.90 Å². The molecule has 1 aliphatic heterocycles. The van der Waals surface area contributed by atoms with Crippen molar-refractivity contribution in [1.29, 1.82) is 0 Å². The Morgan fingerprint density at radius 2 is 1.95 bits per heavy atom. The first-order valence-electron chi connectivity index (χ1n) is 7.39. The lowest BCUT2D eigenvalue weighted by Crippen LogP contribution is -2.45. The summed E-state index contributed by atoms with van der Waals surface area (Å²) in [6.07, 6.45) is 3.80. The molecule has 3 N–H and O–H groups in total. The van der Waals surface area contributed by atoms with E-state index in [-0.39, 0.29) is 6.61 Å². The van der Waals surface area contributed by atoms with Gasteiger partial charge in [0.2, 0.25) is 0 Å². The van der Waals surface area contributed by atoms with Gasteiger partial charge in [-0.2, -0.15) is 0 Å². The Kier molecular flexibility index (Phi) is 5.37. The normalized spacial score (nSPS) is 24.6. The van der Waals surface area contributed by atoms with Crippen molar-refractivity contribution in [2.24, 2.45) is 11.7 Å². The average Bonchev–Trinajstić information content (AvgIpc) is 2.48. The van der Waals surface area contributed by atoms with E-state index in [9.17, 15) is 0 Å². The average molecular weight is 262 g/mol. The molecule has 106 valence electrons. The maximum absolute atomic E-state index is 9.06. The van der Waals surface area contributed by atoms with Gasteiger partial charge in [0, 0.05) is 19.1 Å². The highest BCUT2D eigenvalue weighted by atomic mass is 16.3. The Hall–Kier alpha value is -0.900. The van der Waals surface area contributed by atoms with Crippen LogP contribution in [0, 0.1) is 5.92 Å². The van der Waals surface area contributed by atoms with E-state index < -0.39 is 0 Å². The van der Waals surface area contributed by atoms with Crippen molar-refractivity contribution in [3.63, 3.8) is 0 Å². The first kappa shape index (κ1) is 14.5. The summed E-state index contributed by atoms with van der Waals surface area (Å²) >= 11 is 0. The molecule has 2 rings (SSSR count). The number of benzene rings is 1. The predicted molar refractivity (Wildman–Crippen MR) is 78.6 cm³/mol. The van der Waals surface area contributed by atoms with E-state index in [1.807, 2.05) is 12.1 Å². The van der Waals surface area contributed by atoms with Crippen molar-refractivity contribution in [3.8, 4) is 0 Å². The summed E-state index contributed by atoms with van der Waals surface area (Å²) in [7, 11) is 0. The third-order valence-electron chi connectivity index (χ3n) is 4.39. The van der Waals surface area contributed by atoms with Crippen LogP contribution in [0.3, 0.4) is 0 Å². The van der Waals surface area contributed by atoms with Gasteiger partial charge in [-0.25, -0.2) is 0 Å². The van der Waals surface area contributed by atoms with Gasteiger partial charge in [0.25, 0.3) is 0 Å². The monoisotopic (exact) mass is 262 g/mol. The zero-order chi connectivity index (χ0) is 13.7. The molecule has 0 bridgehead atoms. The zero-order valence-corrected chi connectivity index (χ0v) is 11.9. The van der Waals surface area contributed by atoms with Gasteiger partial charge in [0.15, 0.2) is 0 Å². The van der Waals surface area contributed by atoms with Crippen molar-refractivity contribution in [2.75, 3.05) is 13.1 Å². The minimum absolute atomic E-state index is 0.119. The van der Waals surface area contributed by atoms with Crippen LogP contribution < -0.4 is 5.73 Å². The zero-order valence-electron chi connectivity index (χ0n) is 11.9. The summed E-state index contributed by atoms with van der Waals surface area (Å²) in [5, 5.41) is 9.06. The molecule has 0 amide bonds. The van der Waals surface area contributed by atoms with Crippen LogP contribution in [0.15, 0.2) is 24.3 Å². The van der Waals surface area contributed by atoms with Gasteiger partial charge >= 0.3 is 0 Å². The first-order valence-corrected chi connectivity index (χ1v) is 7.39. The summed E-state index contributed by atoms with van der Waals surface area (Å²) < 4.78 is 0. The molecule has 1 saturated heterocycles. The molecule has 2 unspecified atom stereocenters. The maximum Gasteiger partial charge on any atom is 0.0681 e. The van der Waals surface area contributed by atoms with Gasteiger partial charge in [-0.15, -0.1) is 0 Å². The van der Waals surface area contributed by atoms with Crippen LogP contribution in [-0.4, -0.2) is 29.1 Å². The lowest BCUT2D eigenvalue weighted by atomic mass is 9.88. The lowest BCUT2D eigenvalue weighted by Gasteiger charge is -2.39. The summed E-state index contributed by atoms with van der Waals surface area (Å²) in [5.74, 6) is 0.849. The number of piperidine rings is 1. The molecule has 3 heteroatoms. The molecular formula is C16H26N2O. The molecule has 1 aromatic carbocycles. The van der Waals surface area contributed by atoms with Gasteiger partial charge in [-0.05, 0) is 36.4 Å². The Balaban J connectivity index is 1.96. The van der Waals surface area contributed by atoms with Crippen molar-refractivity contribution in [3.05, 3.63) is 35.4 Å². The molecule has 1 aromatic rings. The number of hydrogen-bond donors (Lipinski definition) is 2. The van der Waals surface area contributed by atoms with Crippen LogP contribution in [0.2, 0.25) is 0 Å². The number of nitrogens with zero attached hydrogens (tertiary/aromatic N) is 1. The second-order valence-electron chi connectivity index (χ2n) is 5.63. The minimum atomic E-state index is 0.119. The van der Waals surface area contributed by atoms with Crippen molar-refractivity contribution in [2.45, 2.75) is 45.4 Å². The number of hydrogen-bond acceptors (Lipinski definition) is 3. The van der Waals surface area contributed by atoms with Gasteiger partial charge in [0.05, 0.1) is 6.61 Å². The third-order valence-corrected chi connectivity index (χ3v) is 4.39. The molecule has 0 aliphatic carbocycles. The first-order chi connectivity index (χ1) is 9.26. The predicted octanol–water partition coefficient (Wildman–Crippen LogP) is 2.13. The molecule has 1 fully saturated rings. The van der Waals surface area contributed by atoms with Crippen LogP contribution in [0.5, 0.6) is 0 Å². The largest absolute Gasteiger partial charge is 0.392 e. The van der Waals surface area contributed by atoms with Crippen molar-refractivity contribution < 1.29 is 5.11 Å². The number of nitrogens with two attached hydrogens (primary N) is 1. The standard InChI is InChI=1S/C16H26N2O/c1-2-13-7-8-18(16(9-13)10-17)11-14-3-5-15(12-19)6-4-14/h3-6,13,16,19H,2,7-12,17H2,1H3. The van der Waals surface area contributed by atoms with E-state index in [1.165, 1.54) is 24.8 Å². The SMILES string of the molecule is CCC1CCN(Cc2ccc(CO)cc2)C(CN)C1. The number of likely N-dealkylation sites (tertiary alicyclic amines) is 1. The highest BCUT2D eigenvalue weighted by Gasteiger charge is 2.26. The van der Waals surface area contributed by atoms with E-state index >= 15 is 0 Å². The van der Waals surface area contributed by atoms with Gasteiger partial charge in [-0.1, -0.05) is 37.6 Å². The molecule has 0 radical (unpaired) electrons. The molecule has 1 heterocycles. The Morgan fingerprint density at radius 1 is 1.26 bits per heavy atom. The van der Waals surface area contributed by atoms with E-state index in [2.05, 4.69) is 24.0 Å².